The van der Waals surface area contributed by atoms with E-state index in [-0.39, 0.29) is 41.5 Å². The molecule has 0 aromatic carbocycles. The lowest BCUT2D eigenvalue weighted by Crippen LogP contribution is -2.59. The Balaban J connectivity index is 1.62. The van der Waals surface area contributed by atoms with Crippen LogP contribution in [0.4, 0.5) is 0 Å². The van der Waals surface area contributed by atoms with E-state index in [2.05, 4.69) is 18.2 Å². The number of carbonyl (C=O) groups is 3. The van der Waals surface area contributed by atoms with Gasteiger partial charge < -0.3 is 19.8 Å². The molecule has 3 amide bonds. The van der Waals surface area contributed by atoms with Gasteiger partial charge in [-0.1, -0.05) is 63.8 Å². The van der Waals surface area contributed by atoms with Crippen molar-refractivity contribution in [1.82, 2.24) is 14.7 Å². The van der Waals surface area contributed by atoms with Crippen molar-refractivity contribution in [1.29, 1.82) is 0 Å². The summed E-state index contributed by atoms with van der Waals surface area (Å²) in [6, 6.07) is -0.958. The highest BCUT2D eigenvalue weighted by atomic mass is 32.2. The molecule has 7 nitrogen and oxygen atoms in total. The fourth-order valence-electron chi connectivity index (χ4n) is 7.11. The quantitative estimate of drug-likeness (QED) is 0.586. The van der Waals surface area contributed by atoms with Crippen LogP contribution >= 0.6 is 11.8 Å². The van der Waals surface area contributed by atoms with Crippen LogP contribution in [0.25, 0.3) is 0 Å². The Bertz CT molecular complexity index is 931. The zero-order valence-corrected chi connectivity index (χ0v) is 22.0. The van der Waals surface area contributed by atoms with Gasteiger partial charge in [-0.15, -0.1) is 11.8 Å². The Morgan fingerprint density at radius 2 is 1.83 bits per heavy atom. The first kappa shape index (κ1) is 24.9. The second kappa shape index (κ2) is 9.58. The van der Waals surface area contributed by atoms with E-state index in [0.29, 0.717) is 13.1 Å². The van der Waals surface area contributed by atoms with E-state index < -0.39 is 28.7 Å². The first-order chi connectivity index (χ1) is 16.9. The summed E-state index contributed by atoms with van der Waals surface area (Å²) in [6.45, 7) is 4.97. The number of hydrogen-bond donors (Lipinski definition) is 1. The van der Waals surface area contributed by atoms with Crippen molar-refractivity contribution in [2.75, 3.05) is 26.7 Å². The summed E-state index contributed by atoms with van der Waals surface area (Å²) in [5.41, 5.74) is 0. The van der Waals surface area contributed by atoms with Crippen LogP contribution in [-0.4, -0.2) is 92.4 Å². The van der Waals surface area contributed by atoms with Crippen molar-refractivity contribution in [3.63, 3.8) is 0 Å². The third-order valence-electron chi connectivity index (χ3n) is 9.19. The van der Waals surface area contributed by atoms with Gasteiger partial charge in [0.15, 0.2) is 0 Å². The van der Waals surface area contributed by atoms with Crippen LogP contribution in [0, 0.1) is 17.8 Å². The number of likely N-dealkylation sites (tertiary alicyclic amines) is 1. The minimum atomic E-state index is -0.800. The van der Waals surface area contributed by atoms with Gasteiger partial charge in [-0.2, -0.15) is 0 Å². The minimum absolute atomic E-state index is 0.00625. The molecular weight excluding hydrogens is 462 g/mol. The number of carbonyl (C=O) groups excluding carboxylic acids is 3. The molecule has 8 heteroatoms. The largest absolute Gasteiger partial charge is 0.394 e. The standard InChI is InChI=1S/C27H39N3O4S/c1-4-17(2)19(16-31)30-23-26(34)29(18-10-6-5-7-11-18)15-9-13-27(23)22(25(30)33)21-20(35-27)12-8-14-28(3)24(21)32/h8-9,12-13,17-23,31H,4-7,10-11,14-16H2,1-3H3/t17-,19-,20+,21-,22-,23?,27-/m0/s1. The zero-order valence-electron chi connectivity index (χ0n) is 21.1. The molecule has 5 rings (SSSR count). The highest BCUT2D eigenvalue weighted by Crippen LogP contribution is 2.61. The SMILES string of the molecule is CC[C@H](C)[C@H](CO)N1C(=O)[C@@H]2[C@H]3C(=O)N(C)CC=C[C@H]3S[C@@]23C=CCN(C2CCCCC2)C(=O)C13. The van der Waals surface area contributed by atoms with Gasteiger partial charge in [-0.25, -0.2) is 0 Å². The predicted molar refractivity (Wildman–Crippen MR) is 137 cm³/mol. The molecule has 1 N–H and O–H groups in total. The number of aliphatic hydroxyl groups is 1. The molecule has 5 aliphatic rings. The Morgan fingerprint density at radius 3 is 2.51 bits per heavy atom. The van der Waals surface area contributed by atoms with Crippen molar-refractivity contribution >= 4 is 29.5 Å². The van der Waals surface area contributed by atoms with Gasteiger partial charge in [-0.05, 0) is 18.8 Å². The van der Waals surface area contributed by atoms with E-state index in [9.17, 15) is 19.5 Å². The van der Waals surface area contributed by atoms with Crippen LogP contribution in [0.3, 0.4) is 0 Å². The Hall–Kier alpha value is -1.80. The van der Waals surface area contributed by atoms with Gasteiger partial charge >= 0.3 is 0 Å². The molecule has 7 atom stereocenters. The minimum Gasteiger partial charge on any atom is -0.394 e. The van der Waals surface area contributed by atoms with Crippen LogP contribution in [0.5, 0.6) is 0 Å². The van der Waals surface area contributed by atoms with Crippen molar-refractivity contribution in [3.8, 4) is 0 Å². The third-order valence-corrected chi connectivity index (χ3v) is 10.9. The molecule has 4 aliphatic heterocycles. The maximum atomic E-state index is 14.5. The third kappa shape index (κ3) is 3.78. The van der Waals surface area contributed by atoms with E-state index in [0.717, 1.165) is 32.1 Å². The van der Waals surface area contributed by atoms with E-state index in [1.807, 2.05) is 24.8 Å². The number of rotatable bonds is 5. The maximum Gasteiger partial charge on any atom is 0.247 e. The molecule has 0 aromatic heterocycles. The highest BCUT2D eigenvalue weighted by molar-refractivity contribution is 8.02. The molecule has 0 radical (unpaired) electrons. The van der Waals surface area contributed by atoms with E-state index in [4.69, 9.17) is 0 Å². The van der Waals surface area contributed by atoms with Gasteiger partial charge in [0.05, 0.1) is 29.2 Å². The van der Waals surface area contributed by atoms with Gasteiger partial charge in [0.2, 0.25) is 17.7 Å². The van der Waals surface area contributed by atoms with Crippen molar-refractivity contribution in [2.45, 2.75) is 80.5 Å². The topological polar surface area (TPSA) is 81.2 Å². The Kier molecular flexibility index (Phi) is 6.81. The summed E-state index contributed by atoms with van der Waals surface area (Å²) >= 11 is 1.62. The lowest BCUT2D eigenvalue weighted by atomic mass is 9.78. The average molecular weight is 502 g/mol. The molecule has 1 saturated carbocycles. The molecule has 1 aliphatic carbocycles. The van der Waals surface area contributed by atoms with Crippen LogP contribution in [-0.2, 0) is 14.4 Å². The Morgan fingerprint density at radius 1 is 1.09 bits per heavy atom. The molecular formula is C27H39N3O4S. The number of likely N-dealkylation sites (N-methyl/N-ethyl adjacent to an activating group) is 1. The monoisotopic (exact) mass is 501 g/mol. The molecule has 2 saturated heterocycles. The number of thioether (sulfide) groups is 1. The molecule has 0 bridgehead atoms. The first-order valence-corrected chi connectivity index (χ1v) is 14.2. The lowest BCUT2D eigenvalue weighted by molar-refractivity contribution is -0.148. The molecule has 35 heavy (non-hydrogen) atoms. The van der Waals surface area contributed by atoms with Crippen LogP contribution in [0.15, 0.2) is 24.3 Å². The van der Waals surface area contributed by atoms with Crippen LogP contribution in [0.1, 0.15) is 52.4 Å². The normalized spacial score (nSPS) is 37.1. The highest BCUT2D eigenvalue weighted by Gasteiger charge is 2.72. The summed E-state index contributed by atoms with van der Waals surface area (Å²) in [6.07, 6.45) is 14.5. The second-order valence-corrected chi connectivity index (χ2v) is 12.5. The second-order valence-electron chi connectivity index (χ2n) is 11.1. The summed E-state index contributed by atoms with van der Waals surface area (Å²) in [5.74, 6) is -1.25. The number of aliphatic hydroxyl groups excluding tert-OH is 1. The molecule has 3 fully saturated rings. The van der Waals surface area contributed by atoms with Gasteiger partial charge in [0.25, 0.3) is 0 Å². The van der Waals surface area contributed by atoms with Crippen molar-refractivity contribution in [3.05, 3.63) is 24.3 Å². The predicted octanol–water partition coefficient (Wildman–Crippen LogP) is 2.45. The van der Waals surface area contributed by atoms with Gasteiger partial charge in [-0.3, -0.25) is 14.4 Å². The first-order valence-electron chi connectivity index (χ1n) is 13.4. The van der Waals surface area contributed by atoms with E-state index in [1.165, 1.54) is 6.42 Å². The van der Waals surface area contributed by atoms with Gasteiger partial charge in [0, 0.05) is 31.4 Å². The summed E-state index contributed by atoms with van der Waals surface area (Å²) in [7, 11) is 1.79. The fourth-order valence-corrected chi connectivity index (χ4v) is 9.11. The van der Waals surface area contributed by atoms with Crippen molar-refractivity contribution in [2.24, 2.45) is 17.8 Å². The molecule has 4 heterocycles. The van der Waals surface area contributed by atoms with Crippen LogP contribution < -0.4 is 0 Å². The summed E-state index contributed by atoms with van der Waals surface area (Å²) < 4.78 is -0.800. The average Bonchev–Trinajstić information content (AvgIpc) is 3.19. The Labute approximate surface area is 213 Å². The smallest absolute Gasteiger partial charge is 0.247 e. The molecule has 1 spiro atoms. The van der Waals surface area contributed by atoms with E-state index in [1.54, 1.807) is 28.6 Å². The molecule has 1 unspecified atom stereocenters. The molecule has 0 aromatic rings. The summed E-state index contributed by atoms with van der Waals surface area (Å²) in [4.78, 5) is 47.7. The van der Waals surface area contributed by atoms with E-state index >= 15 is 0 Å². The molecule has 192 valence electrons. The van der Waals surface area contributed by atoms with Crippen LogP contribution in [0.2, 0.25) is 0 Å². The number of amides is 3. The lowest BCUT2D eigenvalue weighted by Gasteiger charge is -2.42. The van der Waals surface area contributed by atoms with Gasteiger partial charge in [0.1, 0.15) is 6.04 Å². The maximum absolute atomic E-state index is 14.5. The zero-order chi connectivity index (χ0) is 24.9. The number of fused-ring (bicyclic) bond motifs is 2. The summed E-state index contributed by atoms with van der Waals surface area (Å²) in [5, 5.41) is 10.3. The number of hydrogen-bond acceptors (Lipinski definition) is 5. The fraction of sp³-hybridized carbons (Fsp3) is 0.741. The number of nitrogens with zero attached hydrogens (tertiary/aromatic N) is 3. The van der Waals surface area contributed by atoms with Crippen molar-refractivity contribution < 1.29 is 19.5 Å².